The average molecular weight is 280 g/mol. The fraction of sp³-hybridized carbons (Fsp3) is 0.643. The van der Waals surface area contributed by atoms with Crippen LogP contribution in [0.25, 0.3) is 0 Å². The lowest BCUT2D eigenvalue weighted by Crippen LogP contribution is -2.44. The number of rotatable bonds is 2. The van der Waals surface area contributed by atoms with Crippen LogP contribution in [0, 0.1) is 0 Å². The first kappa shape index (κ1) is 13.1. The monoisotopic (exact) mass is 280 g/mol. The Kier molecular flexibility index (Phi) is 3.60. The van der Waals surface area contributed by atoms with Crippen molar-refractivity contribution < 1.29 is 9.53 Å². The van der Waals surface area contributed by atoms with Crippen LogP contribution in [0.3, 0.4) is 0 Å². The van der Waals surface area contributed by atoms with Crippen LogP contribution in [0.2, 0.25) is 0 Å². The minimum absolute atomic E-state index is 0.0396. The highest BCUT2D eigenvalue weighted by molar-refractivity contribution is 7.10. The summed E-state index contributed by atoms with van der Waals surface area (Å²) in [5.41, 5.74) is 0. The van der Waals surface area contributed by atoms with Gasteiger partial charge in [0.05, 0.1) is 12.1 Å². The third kappa shape index (κ3) is 2.42. The topological polar surface area (TPSA) is 41.6 Å². The molecule has 0 spiro atoms. The Balaban J connectivity index is 1.85. The van der Waals surface area contributed by atoms with Gasteiger partial charge in [0.1, 0.15) is 6.17 Å². The van der Waals surface area contributed by atoms with Crippen molar-refractivity contribution in [3.05, 3.63) is 22.4 Å². The van der Waals surface area contributed by atoms with Crippen LogP contribution in [-0.2, 0) is 9.53 Å². The number of carbonyl (C=O) groups excluding carboxylic acids is 1. The van der Waals surface area contributed by atoms with Crippen molar-refractivity contribution in [2.24, 2.45) is 0 Å². The van der Waals surface area contributed by atoms with Gasteiger partial charge in [0.25, 0.3) is 0 Å². The summed E-state index contributed by atoms with van der Waals surface area (Å²) >= 11 is 1.71. The first-order valence-corrected chi connectivity index (χ1v) is 7.78. The van der Waals surface area contributed by atoms with Gasteiger partial charge in [0.15, 0.2) is 0 Å². The average Bonchev–Trinajstić information content (AvgIpc) is 2.99. The molecule has 0 radical (unpaired) electrons. The van der Waals surface area contributed by atoms with Crippen LogP contribution in [0.15, 0.2) is 17.5 Å². The third-order valence-electron chi connectivity index (χ3n) is 3.97. The molecule has 1 amide bonds. The van der Waals surface area contributed by atoms with Gasteiger partial charge in [-0.15, -0.1) is 11.3 Å². The second-order valence-corrected chi connectivity index (χ2v) is 6.39. The SMILES string of the molecule is CC1CC(N2C(=O)C(C)NC2c2cccs2)CCO1. The van der Waals surface area contributed by atoms with Crippen molar-refractivity contribution in [1.82, 2.24) is 10.2 Å². The summed E-state index contributed by atoms with van der Waals surface area (Å²) in [5, 5.41) is 5.48. The van der Waals surface area contributed by atoms with E-state index in [0.717, 1.165) is 19.4 Å². The summed E-state index contributed by atoms with van der Waals surface area (Å²) in [7, 11) is 0. The molecule has 5 heteroatoms. The lowest BCUT2D eigenvalue weighted by atomic mass is 10.0. The molecule has 104 valence electrons. The molecule has 0 bridgehead atoms. The Bertz CT molecular complexity index is 448. The molecule has 2 aliphatic heterocycles. The summed E-state index contributed by atoms with van der Waals surface area (Å²) in [6, 6.07) is 4.34. The summed E-state index contributed by atoms with van der Waals surface area (Å²) in [6.45, 7) is 4.79. The van der Waals surface area contributed by atoms with Crippen molar-refractivity contribution in [2.75, 3.05) is 6.61 Å². The van der Waals surface area contributed by atoms with Gasteiger partial charge in [-0.05, 0) is 38.1 Å². The molecular formula is C14H20N2O2S. The second kappa shape index (κ2) is 5.23. The smallest absolute Gasteiger partial charge is 0.241 e. The molecule has 0 aliphatic carbocycles. The standard InChI is InChI=1S/C14H20N2O2S/c1-9-8-11(5-6-18-9)16-13(12-4-3-7-19-12)15-10(2)14(16)17/h3-4,7,9-11,13,15H,5-6,8H2,1-2H3. The predicted octanol–water partition coefficient (Wildman–Crippen LogP) is 2.13. The Morgan fingerprint density at radius 3 is 3.00 bits per heavy atom. The Hall–Kier alpha value is -0.910. The molecular weight excluding hydrogens is 260 g/mol. The molecule has 4 nitrogen and oxygen atoms in total. The van der Waals surface area contributed by atoms with Gasteiger partial charge >= 0.3 is 0 Å². The highest BCUT2D eigenvalue weighted by atomic mass is 32.1. The maximum atomic E-state index is 12.4. The molecule has 2 aliphatic rings. The van der Waals surface area contributed by atoms with Crippen molar-refractivity contribution in [2.45, 2.75) is 51.0 Å². The highest BCUT2D eigenvalue weighted by Crippen LogP contribution is 2.33. The van der Waals surface area contributed by atoms with Crippen LogP contribution >= 0.6 is 11.3 Å². The zero-order valence-electron chi connectivity index (χ0n) is 11.3. The van der Waals surface area contributed by atoms with Gasteiger partial charge < -0.3 is 9.64 Å². The zero-order valence-corrected chi connectivity index (χ0v) is 12.2. The molecule has 1 aromatic heterocycles. The predicted molar refractivity (Wildman–Crippen MR) is 74.9 cm³/mol. The molecule has 1 N–H and O–H groups in total. The second-order valence-electron chi connectivity index (χ2n) is 5.41. The summed E-state index contributed by atoms with van der Waals surface area (Å²) in [5.74, 6) is 0.220. The first-order valence-electron chi connectivity index (χ1n) is 6.90. The van der Waals surface area contributed by atoms with Crippen LogP contribution in [0.5, 0.6) is 0 Å². The number of amides is 1. The molecule has 19 heavy (non-hydrogen) atoms. The maximum absolute atomic E-state index is 12.4. The van der Waals surface area contributed by atoms with E-state index in [1.807, 2.05) is 13.0 Å². The molecule has 4 atom stereocenters. The lowest BCUT2D eigenvalue weighted by molar-refractivity contribution is -0.135. The minimum Gasteiger partial charge on any atom is -0.378 e. The highest BCUT2D eigenvalue weighted by Gasteiger charge is 2.42. The lowest BCUT2D eigenvalue weighted by Gasteiger charge is -2.37. The molecule has 0 aromatic carbocycles. The maximum Gasteiger partial charge on any atom is 0.241 e. The van der Waals surface area contributed by atoms with Crippen LogP contribution in [0.1, 0.15) is 37.7 Å². The normalized spacial score (nSPS) is 35.9. The number of carbonyl (C=O) groups is 1. The van der Waals surface area contributed by atoms with E-state index in [9.17, 15) is 4.79 Å². The van der Waals surface area contributed by atoms with E-state index in [4.69, 9.17) is 4.74 Å². The van der Waals surface area contributed by atoms with Gasteiger partial charge in [-0.1, -0.05) is 6.07 Å². The number of hydrogen-bond acceptors (Lipinski definition) is 4. The molecule has 3 heterocycles. The van der Waals surface area contributed by atoms with E-state index in [0.29, 0.717) is 6.04 Å². The van der Waals surface area contributed by atoms with Gasteiger partial charge in [-0.2, -0.15) is 0 Å². The van der Waals surface area contributed by atoms with Crippen molar-refractivity contribution in [3.63, 3.8) is 0 Å². The minimum atomic E-state index is -0.0924. The fourth-order valence-corrected chi connectivity index (χ4v) is 3.80. The molecule has 3 rings (SSSR count). The molecule has 2 fully saturated rings. The number of ether oxygens (including phenoxy) is 1. The molecule has 0 saturated carbocycles. The molecule has 4 unspecified atom stereocenters. The van der Waals surface area contributed by atoms with E-state index in [1.54, 1.807) is 11.3 Å². The number of thiophene rings is 1. The van der Waals surface area contributed by atoms with Gasteiger partial charge in [0, 0.05) is 17.5 Å². The number of nitrogens with zero attached hydrogens (tertiary/aromatic N) is 1. The Labute approximate surface area is 117 Å². The molecule has 2 saturated heterocycles. The Morgan fingerprint density at radius 2 is 2.32 bits per heavy atom. The quantitative estimate of drug-likeness (QED) is 0.902. The Morgan fingerprint density at radius 1 is 1.47 bits per heavy atom. The van der Waals surface area contributed by atoms with Gasteiger partial charge in [-0.3, -0.25) is 10.1 Å². The zero-order chi connectivity index (χ0) is 13.4. The van der Waals surface area contributed by atoms with Crippen molar-refractivity contribution in [3.8, 4) is 0 Å². The van der Waals surface area contributed by atoms with Crippen molar-refractivity contribution in [1.29, 1.82) is 0 Å². The summed E-state index contributed by atoms with van der Waals surface area (Å²) in [6.07, 6.45) is 2.15. The van der Waals surface area contributed by atoms with Crippen LogP contribution in [-0.4, -0.2) is 35.6 Å². The fourth-order valence-electron chi connectivity index (χ4n) is 3.02. The van der Waals surface area contributed by atoms with Crippen molar-refractivity contribution >= 4 is 17.2 Å². The first-order chi connectivity index (χ1) is 9.16. The van der Waals surface area contributed by atoms with E-state index < -0.39 is 0 Å². The van der Waals surface area contributed by atoms with E-state index in [-0.39, 0.29) is 24.2 Å². The summed E-state index contributed by atoms with van der Waals surface area (Å²) < 4.78 is 5.60. The number of hydrogen-bond donors (Lipinski definition) is 1. The van der Waals surface area contributed by atoms with Crippen LogP contribution < -0.4 is 5.32 Å². The molecule has 1 aromatic rings. The third-order valence-corrected chi connectivity index (χ3v) is 4.90. The van der Waals surface area contributed by atoms with E-state index in [2.05, 4.69) is 28.6 Å². The van der Waals surface area contributed by atoms with E-state index >= 15 is 0 Å². The number of nitrogens with one attached hydrogen (secondary N) is 1. The van der Waals surface area contributed by atoms with Gasteiger partial charge in [0.2, 0.25) is 5.91 Å². The van der Waals surface area contributed by atoms with Gasteiger partial charge in [-0.25, -0.2) is 0 Å². The van der Waals surface area contributed by atoms with Crippen LogP contribution in [0.4, 0.5) is 0 Å². The largest absolute Gasteiger partial charge is 0.378 e. The van der Waals surface area contributed by atoms with E-state index in [1.165, 1.54) is 4.88 Å². The summed E-state index contributed by atoms with van der Waals surface area (Å²) in [4.78, 5) is 15.7.